The number of carboxylic acid groups (broad SMARTS) is 1. The molecule has 1 aliphatic heterocycles. The lowest BCUT2D eigenvalue weighted by Gasteiger charge is -2.21. The highest BCUT2D eigenvalue weighted by Crippen LogP contribution is 2.25. The third-order valence-electron chi connectivity index (χ3n) is 3.60. The second-order valence-corrected chi connectivity index (χ2v) is 6.07. The number of rotatable bonds is 3. The van der Waals surface area contributed by atoms with Gasteiger partial charge in [0.1, 0.15) is 5.82 Å². The SMILES string of the molecule is O=C(O)c1cc(N2CCCCCC2)nc(-c2cccs2)n1. The molecule has 0 radical (unpaired) electrons. The van der Waals surface area contributed by atoms with Crippen molar-refractivity contribution in [1.82, 2.24) is 9.97 Å². The van der Waals surface area contributed by atoms with Crippen LogP contribution in [-0.2, 0) is 0 Å². The van der Waals surface area contributed by atoms with Gasteiger partial charge in [-0.2, -0.15) is 0 Å². The summed E-state index contributed by atoms with van der Waals surface area (Å²) in [4.78, 5) is 23.1. The Morgan fingerprint density at radius 3 is 2.57 bits per heavy atom. The minimum absolute atomic E-state index is 0.0626. The second kappa shape index (κ2) is 6.22. The molecular weight excluding hydrogens is 286 g/mol. The zero-order valence-electron chi connectivity index (χ0n) is 11.7. The predicted molar refractivity (Wildman–Crippen MR) is 83.0 cm³/mol. The zero-order valence-corrected chi connectivity index (χ0v) is 12.5. The van der Waals surface area contributed by atoms with Crippen LogP contribution in [0.4, 0.5) is 5.82 Å². The van der Waals surface area contributed by atoms with Crippen LogP contribution in [0.2, 0.25) is 0 Å². The van der Waals surface area contributed by atoms with E-state index in [1.807, 2.05) is 17.5 Å². The van der Waals surface area contributed by atoms with Gasteiger partial charge in [0.05, 0.1) is 4.88 Å². The average Bonchev–Trinajstić information content (AvgIpc) is 2.89. The van der Waals surface area contributed by atoms with Crippen molar-refractivity contribution >= 4 is 23.1 Å². The Labute approximate surface area is 127 Å². The molecule has 0 saturated carbocycles. The first-order valence-corrected chi connectivity index (χ1v) is 8.03. The standard InChI is InChI=1S/C15H17N3O2S/c19-15(20)11-10-13(18-7-3-1-2-4-8-18)17-14(16-11)12-6-5-9-21-12/h5-6,9-10H,1-4,7-8H2,(H,19,20). The zero-order chi connectivity index (χ0) is 14.7. The van der Waals surface area contributed by atoms with E-state index in [0.717, 1.165) is 36.6 Å². The maximum absolute atomic E-state index is 11.3. The molecule has 3 rings (SSSR count). The van der Waals surface area contributed by atoms with E-state index in [0.29, 0.717) is 5.82 Å². The van der Waals surface area contributed by atoms with Gasteiger partial charge >= 0.3 is 5.97 Å². The molecule has 0 aromatic carbocycles. The van der Waals surface area contributed by atoms with Crippen molar-refractivity contribution in [2.24, 2.45) is 0 Å². The van der Waals surface area contributed by atoms with E-state index < -0.39 is 5.97 Å². The summed E-state index contributed by atoms with van der Waals surface area (Å²) < 4.78 is 0. The number of carboxylic acids is 1. The lowest BCUT2D eigenvalue weighted by Crippen LogP contribution is -2.25. The second-order valence-electron chi connectivity index (χ2n) is 5.12. The summed E-state index contributed by atoms with van der Waals surface area (Å²) in [6.45, 7) is 1.86. The number of hydrogen-bond donors (Lipinski definition) is 1. The van der Waals surface area contributed by atoms with Gasteiger partial charge in [-0.25, -0.2) is 14.8 Å². The molecule has 5 nitrogen and oxygen atoms in total. The Morgan fingerprint density at radius 1 is 1.19 bits per heavy atom. The summed E-state index contributed by atoms with van der Waals surface area (Å²) in [6.07, 6.45) is 4.71. The average molecular weight is 303 g/mol. The molecule has 1 saturated heterocycles. The lowest BCUT2D eigenvalue weighted by atomic mass is 10.2. The van der Waals surface area contributed by atoms with Gasteiger partial charge in [-0.15, -0.1) is 11.3 Å². The predicted octanol–water partition coefficient (Wildman–Crippen LogP) is 3.28. The van der Waals surface area contributed by atoms with Crippen molar-refractivity contribution in [2.45, 2.75) is 25.7 Å². The van der Waals surface area contributed by atoms with Gasteiger partial charge in [0.25, 0.3) is 0 Å². The maximum Gasteiger partial charge on any atom is 0.354 e. The van der Waals surface area contributed by atoms with Crippen LogP contribution in [0.3, 0.4) is 0 Å². The molecule has 0 spiro atoms. The van der Waals surface area contributed by atoms with Crippen molar-refractivity contribution in [2.75, 3.05) is 18.0 Å². The van der Waals surface area contributed by atoms with Crippen LogP contribution in [0.5, 0.6) is 0 Å². The smallest absolute Gasteiger partial charge is 0.354 e. The molecule has 2 aromatic heterocycles. The number of nitrogens with zero attached hydrogens (tertiary/aromatic N) is 3. The Bertz CT molecular complexity index is 620. The van der Waals surface area contributed by atoms with Gasteiger partial charge in [-0.1, -0.05) is 18.9 Å². The Balaban J connectivity index is 2.00. The van der Waals surface area contributed by atoms with Crippen molar-refractivity contribution in [3.8, 4) is 10.7 Å². The molecule has 0 aliphatic carbocycles. The van der Waals surface area contributed by atoms with E-state index >= 15 is 0 Å². The van der Waals surface area contributed by atoms with Crippen molar-refractivity contribution in [3.05, 3.63) is 29.3 Å². The largest absolute Gasteiger partial charge is 0.477 e. The van der Waals surface area contributed by atoms with Gasteiger partial charge < -0.3 is 10.0 Å². The van der Waals surface area contributed by atoms with Crippen LogP contribution in [0.25, 0.3) is 10.7 Å². The van der Waals surface area contributed by atoms with E-state index in [-0.39, 0.29) is 5.69 Å². The van der Waals surface area contributed by atoms with E-state index in [4.69, 9.17) is 0 Å². The summed E-state index contributed by atoms with van der Waals surface area (Å²) >= 11 is 1.52. The fraction of sp³-hybridized carbons (Fsp3) is 0.400. The highest BCUT2D eigenvalue weighted by molar-refractivity contribution is 7.13. The number of carbonyl (C=O) groups is 1. The van der Waals surface area contributed by atoms with Crippen LogP contribution in [-0.4, -0.2) is 34.1 Å². The summed E-state index contributed by atoms with van der Waals surface area (Å²) in [5, 5.41) is 11.2. The van der Waals surface area contributed by atoms with Crippen LogP contribution in [0, 0.1) is 0 Å². The maximum atomic E-state index is 11.3. The van der Waals surface area contributed by atoms with E-state index in [2.05, 4.69) is 14.9 Å². The summed E-state index contributed by atoms with van der Waals surface area (Å²) in [7, 11) is 0. The molecule has 2 aromatic rings. The molecule has 3 heterocycles. The van der Waals surface area contributed by atoms with Crippen LogP contribution >= 0.6 is 11.3 Å². The van der Waals surface area contributed by atoms with Gasteiger partial charge in [-0.05, 0) is 24.3 Å². The third-order valence-corrected chi connectivity index (χ3v) is 4.47. The number of aromatic nitrogens is 2. The highest BCUT2D eigenvalue weighted by atomic mass is 32.1. The van der Waals surface area contributed by atoms with Crippen molar-refractivity contribution in [1.29, 1.82) is 0 Å². The molecule has 1 N–H and O–H groups in total. The summed E-state index contributed by atoms with van der Waals surface area (Å²) in [5.74, 6) is 0.225. The van der Waals surface area contributed by atoms with Gasteiger partial charge in [0.2, 0.25) is 0 Å². The van der Waals surface area contributed by atoms with E-state index in [1.165, 1.54) is 24.2 Å². The Morgan fingerprint density at radius 2 is 1.95 bits per heavy atom. The molecule has 6 heteroatoms. The fourth-order valence-corrected chi connectivity index (χ4v) is 3.18. The Kier molecular flexibility index (Phi) is 4.15. The van der Waals surface area contributed by atoms with Crippen molar-refractivity contribution < 1.29 is 9.90 Å². The minimum Gasteiger partial charge on any atom is -0.477 e. The fourth-order valence-electron chi connectivity index (χ4n) is 2.52. The first kappa shape index (κ1) is 14.0. The van der Waals surface area contributed by atoms with E-state index in [9.17, 15) is 9.90 Å². The first-order chi connectivity index (χ1) is 10.2. The first-order valence-electron chi connectivity index (χ1n) is 7.15. The topological polar surface area (TPSA) is 66.3 Å². The van der Waals surface area contributed by atoms with E-state index in [1.54, 1.807) is 6.07 Å². The molecule has 21 heavy (non-hydrogen) atoms. The number of aromatic carboxylic acids is 1. The van der Waals surface area contributed by atoms with Crippen LogP contribution < -0.4 is 4.90 Å². The summed E-state index contributed by atoms with van der Waals surface area (Å²) in [5.41, 5.74) is 0.0626. The quantitative estimate of drug-likeness (QED) is 0.942. The minimum atomic E-state index is -1.01. The highest BCUT2D eigenvalue weighted by Gasteiger charge is 2.17. The van der Waals surface area contributed by atoms with Gasteiger partial charge in [0.15, 0.2) is 11.5 Å². The summed E-state index contributed by atoms with van der Waals surface area (Å²) in [6, 6.07) is 5.42. The molecule has 0 bridgehead atoms. The lowest BCUT2D eigenvalue weighted by molar-refractivity contribution is 0.0690. The number of hydrogen-bond acceptors (Lipinski definition) is 5. The van der Waals surface area contributed by atoms with Crippen molar-refractivity contribution in [3.63, 3.8) is 0 Å². The molecule has 1 fully saturated rings. The monoisotopic (exact) mass is 303 g/mol. The van der Waals surface area contributed by atoms with Gasteiger partial charge in [-0.3, -0.25) is 0 Å². The molecule has 0 atom stereocenters. The Hall–Kier alpha value is -1.95. The van der Waals surface area contributed by atoms with Crippen LogP contribution in [0.15, 0.2) is 23.6 Å². The normalized spacial score (nSPS) is 15.7. The molecule has 0 unspecified atom stereocenters. The van der Waals surface area contributed by atoms with Gasteiger partial charge in [0, 0.05) is 19.2 Å². The van der Waals surface area contributed by atoms with Crippen LogP contribution in [0.1, 0.15) is 36.2 Å². The molecule has 0 amide bonds. The molecular formula is C15H17N3O2S. The number of anilines is 1. The number of thiophene rings is 1. The molecule has 1 aliphatic rings. The molecule has 110 valence electrons. The third kappa shape index (κ3) is 3.21.